The number of thiol groups is 1. The molecule has 0 aliphatic carbocycles. The van der Waals surface area contributed by atoms with E-state index in [0.717, 1.165) is 0 Å². The SMILES string of the molecule is O=C(N[C@@H]1CNC[C@H]1O)[C@@H]1CC[C@@H]2CN1C(=O)N2OS. The molecule has 0 radical (unpaired) electrons. The quantitative estimate of drug-likeness (QED) is 0.375. The summed E-state index contributed by atoms with van der Waals surface area (Å²) in [5, 5.41) is 16.7. The van der Waals surface area contributed by atoms with Gasteiger partial charge in [0.05, 0.1) is 18.2 Å². The third-order valence-corrected chi connectivity index (χ3v) is 4.40. The van der Waals surface area contributed by atoms with Crippen molar-refractivity contribution < 1.29 is 19.0 Å². The van der Waals surface area contributed by atoms with Crippen molar-refractivity contribution in [2.24, 2.45) is 0 Å². The predicted octanol–water partition coefficient (Wildman–Crippen LogP) is -1.52. The summed E-state index contributed by atoms with van der Waals surface area (Å²) in [6, 6.07) is -1.16. The van der Waals surface area contributed by atoms with Gasteiger partial charge in [-0.1, -0.05) is 0 Å². The van der Waals surface area contributed by atoms with Gasteiger partial charge in [0.2, 0.25) is 5.91 Å². The summed E-state index contributed by atoms with van der Waals surface area (Å²) in [6.45, 7) is 1.49. The van der Waals surface area contributed by atoms with E-state index in [1.54, 1.807) is 0 Å². The Bertz CT molecular complexity index is 423. The molecule has 20 heavy (non-hydrogen) atoms. The Morgan fingerprint density at radius 2 is 2.25 bits per heavy atom. The average molecular weight is 302 g/mol. The van der Waals surface area contributed by atoms with Gasteiger partial charge in [-0.3, -0.25) is 4.79 Å². The Hall–Kier alpha value is -1.03. The molecular formula is C11H18N4O4S. The summed E-state index contributed by atoms with van der Waals surface area (Å²) in [4.78, 5) is 25.9. The van der Waals surface area contributed by atoms with E-state index in [-0.39, 0.29) is 24.0 Å². The van der Waals surface area contributed by atoms with Crippen molar-refractivity contribution in [2.75, 3.05) is 19.6 Å². The van der Waals surface area contributed by atoms with Crippen molar-refractivity contribution in [3.8, 4) is 0 Å². The molecule has 3 saturated heterocycles. The van der Waals surface area contributed by atoms with Crippen LogP contribution < -0.4 is 10.6 Å². The molecule has 0 aromatic carbocycles. The lowest BCUT2D eigenvalue weighted by Gasteiger charge is -2.30. The average Bonchev–Trinajstić information content (AvgIpc) is 2.94. The number of hydroxylamine groups is 2. The number of rotatable bonds is 3. The molecule has 3 amide bonds. The highest BCUT2D eigenvalue weighted by atomic mass is 32.1. The zero-order valence-corrected chi connectivity index (χ0v) is 11.8. The minimum Gasteiger partial charge on any atom is -0.390 e. The fraction of sp³-hybridized carbons (Fsp3) is 0.818. The summed E-state index contributed by atoms with van der Waals surface area (Å²) in [5.41, 5.74) is 0. The van der Waals surface area contributed by atoms with Gasteiger partial charge in [0, 0.05) is 32.5 Å². The number of aliphatic hydroxyl groups is 1. The van der Waals surface area contributed by atoms with Crippen LogP contribution in [0.25, 0.3) is 0 Å². The number of aliphatic hydroxyl groups excluding tert-OH is 1. The van der Waals surface area contributed by atoms with E-state index in [2.05, 4.69) is 23.5 Å². The van der Waals surface area contributed by atoms with Crippen LogP contribution in [-0.2, 0) is 9.08 Å². The Labute approximate surface area is 122 Å². The van der Waals surface area contributed by atoms with E-state index in [9.17, 15) is 14.7 Å². The molecule has 0 unspecified atom stereocenters. The first-order valence-corrected chi connectivity index (χ1v) is 7.09. The molecule has 0 saturated carbocycles. The predicted molar refractivity (Wildman–Crippen MR) is 71.6 cm³/mol. The van der Waals surface area contributed by atoms with E-state index in [1.165, 1.54) is 9.96 Å². The van der Waals surface area contributed by atoms with Crippen LogP contribution in [0.5, 0.6) is 0 Å². The van der Waals surface area contributed by atoms with Gasteiger partial charge in [0.15, 0.2) is 0 Å². The maximum Gasteiger partial charge on any atom is 0.345 e. The molecule has 3 N–H and O–H groups in total. The Morgan fingerprint density at radius 1 is 1.45 bits per heavy atom. The standard InChI is InChI=1S/C11H18N4O4S/c16-9-4-12-3-7(9)13-10(17)8-2-1-6-5-14(8)11(18)15(6)19-20/h6-9,12,16,20H,1-5H2,(H,13,17)/t6-,7-,8+,9-/m1/s1. The Morgan fingerprint density at radius 3 is 2.90 bits per heavy atom. The lowest BCUT2D eigenvalue weighted by atomic mass is 10.00. The summed E-state index contributed by atoms with van der Waals surface area (Å²) < 4.78 is 4.77. The van der Waals surface area contributed by atoms with Crippen LogP contribution in [0, 0.1) is 0 Å². The Balaban J connectivity index is 1.65. The second-order valence-corrected chi connectivity index (χ2v) is 5.59. The molecular weight excluding hydrogens is 284 g/mol. The molecule has 4 atom stereocenters. The number of amides is 3. The van der Waals surface area contributed by atoms with Crippen molar-refractivity contribution in [2.45, 2.75) is 37.1 Å². The van der Waals surface area contributed by atoms with Gasteiger partial charge in [-0.2, -0.15) is 5.06 Å². The van der Waals surface area contributed by atoms with Crippen LogP contribution in [-0.4, -0.2) is 70.9 Å². The maximum atomic E-state index is 12.3. The van der Waals surface area contributed by atoms with Crippen LogP contribution in [0.15, 0.2) is 0 Å². The normalized spacial score (nSPS) is 36.6. The highest BCUT2D eigenvalue weighted by Crippen LogP contribution is 2.30. The molecule has 3 fully saturated rings. The van der Waals surface area contributed by atoms with Crippen molar-refractivity contribution in [3.63, 3.8) is 0 Å². The fourth-order valence-corrected chi connectivity index (χ4v) is 3.31. The minimum absolute atomic E-state index is 0.0391. The third kappa shape index (κ3) is 2.24. The number of nitrogens with zero attached hydrogens (tertiary/aromatic N) is 2. The Kier molecular flexibility index (Phi) is 3.76. The van der Waals surface area contributed by atoms with Crippen molar-refractivity contribution in [3.05, 3.63) is 0 Å². The topological polar surface area (TPSA) is 94.1 Å². The van der Waals surface area contributed by atoms with Crippen LogP contribution in [0.2, 0.25) is 0 Å². The third-order valence-electron chi connectivity index (χ3n) is 4.22. The molecule has 3 aliphatic rings. The van der Waals surface area contributed by atoms with Crippen LogP contribution >= 0.6 is 12.9 Å². The number of fused-ring (bicyclic) bond motifs is 2. The van der Waals surface area contributed by atoms with E-state index in [1.807, 2.05) is 0 Å². The highest BCUT2D eigenvalue weighted by Gasteiger charge is 2.48. The molecule has 0 aromatic rings. The number of piperidine rings is 1. The summed E-state index contributed by atoms with van der Waals surface area (Å²) in [6.07, 6.45) is 0.709. The summed E-state index contributed by atoms with van der Waals surface area (Å²) in [5.74, 6) is -0.217. The van der Waals surface area contributed by atoms with E-state index in [4.69, 9.17) is 4.28 Å². The fourth-order valence-electron chi connectivity index (χ4n) is 3.10. The number of β-amino-alcohol motifs (C(OH)–C–C–N with tert-alkyl or cyclic N) is 1. The zero-order valence-electron chi connectivity index (χ0n) is 10.9. The van der Waals surface area contributed by atoms with Crippen molar-refractivity contribution >= 4 is 24.8 Å². The number of hydrogen-bond donors (Lipinski definition) is 4. The second kappa shape index (κ2) is 5.40. The minimum atomic E-state index is -0.582. The summed E-state index contributed by atoms with van der Waals surface area (Å²) in [7, 11) is 0. The molecule has 0 aromatic heterocycles. The van der Waals surface area contributed by atoms with Crippen molar-refractivity contribution in [1.82, 2.24) is 20.6 Å². The van der Waals surface area contributed by atoms with Gasteiger partial charge in [-0.15, -0.1) is 0 Å². The number of urea groups is 1. The first kappa shape index (κ1) is 13.9. The molecule has 3 aliphatic heterocycles. The molecule has 3 heterocycles. The van der Waals surface area contributed by atoms with Gasteiger partial charge in [-0.25, -0.2) is 9.08 Å². The molecule has 0 spiro atoms. The number of carbonyl (C=O) groups is 2. The lowest BCUT2D eigenvalue weighted by molar-refractivity contribution is -0.127. The molecule has 3 rings (SSSR count). The van der Waals surface area contributed by atoms with Gasteiger partial charge >= 0.3 is 6.03 Å². The van der Waals surface area contributed by atoms with Crippen LogP contribution in [0.3, 0.4) is 0 Å². The van der Waals surface area contributed by atoms with Crippen molar-refractivity contribution in [1.29, 1.82) is 0 Å². The van der Waals surface area contributed by atoms with E-state index in [0.29, 0.717) is 32.5 Å². The van der Waals surface area contributed by atoms with Gasteiger partial charge in [0.1, 0.15) is 6.04 Å². The van der Waals surface area contributed by atoms with Gasteiger partial charge in [-0.05, 0) is 12.8 Å². The largest absolute Gasteiger partial charge is 0.390 e. The smallest absolute Gasteiger partial charge is 0.345 e. The number of nitrogens with one attached hydrogen (secondary N) is 2. The highest BCUT2D eigenvalue weighted by molar-refractivity contribution is 7.75. The van der Waals surface area contributed by atoms with E-state index >= 15 is 0 Å². The van der Waals surface area contributed by atoms with Gasteiger partial charge < -0.3 is 20.6 Å². The first-order valence-electron chi connectivity index (χ1n) is 6.72. The monoisotopic (exact) mass is 302 g/mol. The maximum absolute atomic E-state index is 12.3. The lowest BCUT2D eigenvalue weighted by Crippen LogP contribution is -2.54. The summed E-state index contributed by atoms with van der Waals surface area (Å²) >= 11 is 3.68. The van der Waals surface area contributed by atoms with Crippen LogP contribution in [0.1, 0.15) is 12.8 Å². The number of hydrogen-bond acceptors (Lipinski definition) is 6. The molecule has 2 bridgehead atoms. The van der Waals surface area contributed by atoms with Gasteiger partial charge in [0.25, 0.3) is 0 Å². The number of carbonyl (C=O) groups excluding carboxylic acids is 2. The van der Waals surface area contributed by atoms with Crippen LogP contribution in [0.4, 0.5) is 4.79 Å². The second-order valence-electron chi connectivity index (χ2n) is 5.43. The molecule has 8 nitrogen and oxygen atoms in total. The first-order chi connectivity index (χ1) is 9.61. The molecule has 112 valence electrons. The van der Waals surface area contributed by atoms with E-state index < -0.39 is 12.1 Å². The molecule has 9 heteroatoms. The zero-order chi connectivity index (χ0) is 14.3.